The number of aryl methyl sites for hydroxylation is 1. The molecule has 0 N–H and O–H groups in total. The van der Waals surface area contributed by atoms with Crippen LogP contribution in [0.1, 0.15) is 105 Å². The fraction of sp³-hybridized carbons (Fsp3) is 0.667. The Balaban J connectivity index is 2.65. The smallest absolute Gasteiger partial charge is 0.176 e. The van der Waals surface area contributed by atoms with Crippen LogP contribution in [0.2, 0.25) is 0 Å². The van der Waals surface area contributed by atoms with Crippen LogP contribution in [-0.2, 0) is 6.42 Å². The second kappa shape index (κ2) is 19.5. The normalized spacial score (nSPS) is 11.7. The van der Waals surface area contributed by atoms with Crippen LogP contribution in [0.25, 0.3) is 0 Å². The van der Waals surface area contributed by atoms with Crippen molar-refractivity contribution in [2.24, 2.45) is 35.5 Å². The second-order valence-corrected chi connectivity index (χ2v) is 14.8. The largest absolute Gasteiger partial charge is 0.493 e. The average molecular weight is 643 g/mol. The predicted octanol–water partition coefficient (Wildman–Crippen LogP) is 9.71. The Morgan fingerprint density at radius 2 is 0.891 bits per heavy atom. The fourth-order valence-electron chi connectivity index (χ4n) is 4.24. The van der Waals surface area contributed by atoms with Crippen LogP contribution in [0.3, 0.4) is 0 Å². The molecule has 7 heteroatoms. The number of hydrogen-bond acceptors (Lipinski definition) is 7. The Labute approximate surface area is 279 Å². The zero-order chi connectivity index (χ0) is 34.4. The number of hydrogen-bond donors (Lipinski definition) is 0. The molecule has 0 heterocycles. The molecule has 0 saturated carbocycles. The molecule has 0 saturated heterocycles. The van der Waals surface area contributed by atoms with Crippen molar-refractivity contribution in [2.45, 2.75) is 95.9 Å². The Morgan fingerprint density at radius 3 is 1.33 bits per heavy atom. The molecule has 0 amide bonds. The van der Waals surface area contributed by atoms with Crippen molar-refractivity contribution in [2.75, 3.05) is 39.6 Å². The molecule has 0 aliphatic carbocycles. The first-order valence-electron chi connectivity index (χ1n) is 17.3. The average Bonchev–Trinajstić information content (AvgIpc) is 2.97. The van der Waals surface area contributed by atoms with E-state index < -0.39 is 0 Å². The van der Waals surface area contributed by atoms with E-state index in [9.17, 15) is 4.79 Å². The summed E-state index contributed by atoms with van der Waals surface area (Å²) in [5, 5.41) is 0. The van der Waals surface area contributed by atoms with E-state index in [0.717, 1.165) is 17.1 Å². The number of carbonyl (C=O) groups excluding carboxylic acids is 1. The number of benzene rings is 2. The van der Waals surface area contributed by atoms with Gasteiger partial charge in [0.2, 0.25) is 0 Å². The highest BCUT2D eigenvalue weighted by atomic mass is 16.5. The number of ether oxygens (including phenoxy) is 6. The van der Waals surface area contributed by atoms with Crippen molar-refractivity contribution >= 4 is 5.78 Å². The third kappa shape index (κ3) is 13.7. The van der Waals surface area contributed by atoms with Gasteiger partial charge in [-0.2, -0.15) is 0 Å². The van der Waals surface area contributed by atoms with Crippen molar-refractivity contribution in [3.63, 3.8) is 0 Å². The molecule has 0 radical (unpaired) electrons. The van der Waals surface area contributed by atoms with Crippen molar-refractivity contribution < 1.29 is 33.2 Å². The highest BCUT2D eigenvalue weighted by Crippen LogP contribution is 2.46. The summed E-state index contributed by atoms with van der Waals surface area (Å²) >= 11 is 0. The summed E-state index contributed by atoms with van der Waals surface area (Å²) < 4.78 is 37.6. The third-order valence-electron chi connectivity index (χ3n) is 6.52. The van der Waals surface area contributed by atoms with Gasteiger partial charge in [0.1, 0.15) is 17.1 Å². The van der Waals surface area contributed by atoms with Crippen molar-refractivity contribution in [1.29, 1.82) is 0 Å². The van der Waals surface area contributed by atoms with Crippen LogP contribution in [0.5, 0.6) is 34.5 Å². The fourth-order valence-corrected chi connectivity index (χ4v) is 4.24. The van der Waals surface area contributed by atoms with Gasteiger partial charge in [-0.25, -0.2) is 0 Å². The number of ketones is 1. The maximum atomic E-state index is 14.5. The summed E-state index contributed by atoms with van der Waals surface area (Å²) in [6.07, 6.45) is 0.663. The van der Waals surface area contributed by atoms with Crippen LogP contribution in [0.15, 0.2) is 24.3 Å². The van der Waals surface area contributed by atoms with Gasteiger partial charge in [-0.3, -0.25) is 4.79 Å². The molecule has 2 aromatic rings. The molecule has 2 aromatic carbocycles. The van der Waals surface area contributed by atoms with Gasteiger partial charge in [0, 0.05) is 12.5 Å². The van der Waals surface area contributed by atoms with Gasteiger partial charge in [0.15, 0.2) is 28.8 Å². The molecule has 0 atom stereocenters. The van der Waals surface area contributed by atoms with Gasteiger partial charge in [-0.15, -0.1) is 0 Å². The molecular formula is C39H62O7. The van der Waals surface area contributed by atoms with E-state index in [1.807, 2.05) is 24.3 Å². The lowest BCUT2D eigenvalue weighted by molar-refractivity contribution is 0.0968. The molecule has 7 nitrogen and oxygen atoms in total. The third-order valence-corrected chi connectivity index (χ3v) is 6.52. The minimum atomic E-state index is -0.106. The molecule has 0 fully saturated rings. The first-order valence-corrected chi connectivity index (χ1v) is 17.3. The first kappa shape index (κ1) is 39.1. The summed E-state index contributed by atoms with van der Waals surface area (Å²) in [4.78, 5) is 14.5. The topological polar surface area (TPSA) is 72.5 Å². The Bertz CT molecular complexity index is 1150. The van der Waals surface area contributed by atoms with Crippen molar-refractivity contribution in [1.82, 2.24) is 0 Å². The second-order valence-electron chi connectivity index (χ2n) is 14.8. The minimum Gasteiger partial charge on any atom is -0.493 e. The van der Waals surface area contributed by atoms with E-state index in [0.29, 0.717) is 86.5 Å². The Hall–Kier alpha value is -3.09. The summed E-state index contributed by atoms with van der Waals surface area (Å²) in [7, 11) is 0. The van der Waals surface area contributed by atoms with Crippen molar-refractivity contribution in [3.8, 4) is 34.5 Å². The number of rotatable bonds is 22. The zero-order valence-electron chi connectivity index (χ0n) is 30.8. The Morgan fingerprint density at radius 1 is 0.500 bits per heavy atom. The molecule has 0 aromatic heterocycles. The molecule has 46 heavy (non-hydrogen) atoms. The van der Waals surface area contributed by atoms with Crippen LogP contribution in [-0.4, -0.2) is 45.4 Å². The molecule has 260 valence electrons. The van der Waals surface area contributed by atoms with E-state index >= 15 is 0 Å². The van der Waals surface area contributed by atoms with Crippen LogP contribution in [0, 0.1) is 35.5 Å². The van der Waals surface area contributed by atoms with Gasteiger partial charge in [-0.05, 0) is 65.7 Å². The van der Waals surface area contributed by atoms with Gasteiger partial charge < -0.3 is 28.4 Å². The zero-order valence-corrected chi connectivity index (χ0v) is 30.8. The van der Waals surface area contributed by atoms with Crippen LogP contribution >= 0.6 is 0 Å². The molecule has 2 rings (SSSR count). The maximum absolute atomic E-state index is 14.5. The lowest BCUT2D eigenvalue weighted by atomic mass is 9.99. The van der Waals surface area contributed by atoms with Gasteiger partial charge in [0.25, 0.3) is 0 Å². The molecule has 0 unspecified atom stereocenters. The maximum Gasteiger partial charge on any atom is 0.176 e. The summed E-state index contributed by atoms with van der Waals surface area (Å²) in [6, 6.07) is 7.72. The van der Waals surface area contributed by atoms with Gasteiger partial charge >= 0.3 is 0 Å². The molecule has 0 aliphatic rings. The van der Waals surface area contributed by atoms with E-state index in [2.05, 4.69) is 83.1 Å². The van der Waals surface area contributed by atoms with Crippen LogP contribution < -0.4 is 28.4 Å². The van der Waals surface area contributed by atoms with Gasteiger partial charge in [-0.1, -0.05) is 83.1 Å². The molecule has 0 aliphatic heterocycles. The summed E-state index contributed by atoms with van der Waals surface area (Å²) in [5.41, 5.74) is 1.30. The minimum absolute atomic E-state index is 0.106. The van der Waals surface area contributed by atoms with E-state index in [1.165, 1.54) is 0 Å². The SMILES string of the molecule is CC(C)COc1ccc(OCC(C)C)c(CCC(=O)c2c(OCC(C)C)c(OCC(C)C)cc(OCC(C)C)c2OCC(C)C)c1. The molecule has 0 spiro atoms. The Kier molecular flexibility index (Phi) is 16.6. The van der Waals surface area contributed by atoms with Crippen molar-refractivity contribution in [3.05, 3.63) is 35.4 Å². The lowest BCUT2D eigenvalue weighted by Gasteiger charge is -2.24. The monoisotopic (exact) mass is 642 g/mol. The molecule has 0 bridgehead atoms. The number of carbonyl (C=O) groups is 1. The quantitative estimate of drug-likeness (QED) is 0.118. The highest BCUT2D eigenvalue weighted by Gasteiger charge is 2.29. The standard InChI is InChI=1S/C39H62O7/c1-25(2)19-41-32-14-16-34(42-20-26(3)4)31(17-32)13-15-33(40)37-38(45-23-29(9)10)35(43-21-27(5)6)18-36(44-22-28(7)8)39(37)46-24-30(11)12/h14,16-18,25-30H,13,15,19-24H2,1-12H3. The highest BCUT2D eigenvalue weighted by molar-refractivity contribution is 6.03. The summed E-state index contributed by atoms with van der Waals surface area (Å²) in [5.74, 6) is 5.07. The van der Waals surface area contributed by atoms with Crippen LogP contribution in [0.4, 0.5) is 0 Å². The van der Waals surface area contributed by atoms with Gasteiger partial charge in [0.05, 0.1) is 39.6 Å². The first-order chi connectivity index (χ1) is 21.7. The molecular weight excluding hydrogens is 580 g/mol. The predicted molar refractivity (Wildman–Crippen MR) is 188 cm³/mol. The lowest BCUT2D eigenvalue weighted by Crippen LogP contribution is -2.17. The summed E-state index contributed by atoms with van der Waals surface area (Å²) in [6.45, 7) is 28.2. The van der Waals surface area contributed by atoms with E-state index in [1.54, 1.807) is 0 Å². The number of Topliss-reactive ketones (excluding diaryl/α,β-unsaturated/α-hetero) is 1. The van der Waals surface area contributed by atoms with E-state index in [4.69, 9.17) is 28.4 Å². The van der Waals surface area contributed by atoms with E-state index in [-0.39, 0.29) is 35.9 Å².